The van der Waals surface area contributed by atoms with Crippen LogP contribution in [0.3, 0.4) is 0 Å². The van der Waals surface area contributed by atoms with Crippen LogP contribution in [0.1, 0.15) is 60.9 Å². The van der Waals surface area contributed by atoms with Crippen LogP contribution >= 0.6 is 0 Å². The molecule has 4 heterocycles. The Morgan fingerprint density at radius 1 is 1.31 bits per heavy atom. The molecule has 186 valence electrons. The molecule has 3 N–H and O–H groups in total. The number of nitrogens with zero attached hydrogens (tertiary/aromatic N) is 4. The minimum atomic E-state index is -1.18. The second kappa shape index (κ2) is 8.25. The third-order valence-electron chi connectivity index (χ3n) is 7.50. The third kappa shape index (κ3) is 4.08. The summed E-state index contributed by atoms with van der Waals surface area (Å²) in [4.78, 5) is 21.7. The van der Waals surface area contributed by atoms with Crippen LogP contribution in [0, 0.1) is 12.3 Å². The fourth-order valence-electron chi connectivity index (χ4n) is 5.47. The minimum absolute atomic E-state index is 0.155. The highest BCUT2D eigenvalue weighted by molar-refractivity contribution is 6.04. The number of oxazole rings is 1. The van der Waals surface area contributed by atoms with Gasteiger partial charge in [0.1, 0.15) is 6.26 Å². The van der Waals surface area contributed by atoms with Crippen LogP contribution in [0.25, 0.3) is 22.4 Å². The predicted octanol–water partition coefficient (Wildman–Crippen LogP) is 4.19. The fourth-order valence-corrected chi connectivity index (χ4v) is 5.47. The quantitative estimate of drug-likeness (QED) is 0.387. The zero-order valence-corrected chi connectivity index (χ0v) is 20.7. The van der Waals surface area contributed by atoms with Crippen molar-refractivity contribution in [3.05, 3.63) is 59.9 Å². The number of hydrogen-bond acceptors (Lipinski definition) is 7. The van der Waals surface area contributed by atoms with Crippen molar-refractivity contribution in [3.8, 4) is 11.5 Å². The van der Waals surface area contributed by atoms with Crippen LogP contribution < -0.4 is 10.6 Å². The molecule has 1 atom stereocenters. The number of aryl methyl sites for hydroxylation is 1. The second-order valence-corrected chi connectivity index (χ2v) is 10.8. The first-order valence-corrected chi connectivity index (χ1v) is 12.4. The molecule has 2 aliphatic rings. The number of aromatic nitrogens is 4. The van der Waals surface area contributed by atoms with Gasteiger partial charge in [0.2, 0.25) is 5.89 Å². The Morgan fingerprint density at radius 3 is 2.83 bits per heavy atom. The zero-order chi connectivity index (χ0) is 25.1. The third-order valence-corrected chi connectivity index (χ3v) is 7.50. The summed E-state index contributed by atoms with van der Waals surface area (Å²) in [6.07, 6.45) is 8.52. The van der Waals surface area contributed by atoms with E-state index in [2.05, 4.69) is 31.5 Å². The molecule has 2 fully saturated rings. The Kier molecular flexibility index (Phi) is 5.24. The Bertz CT molecular complexity index is 1460. The van der Waals surface area contributed by atoms with E-state index in [1.165, 1.54) is 12.7 Å². The highest BCUT2D eigenvalue weighted by Gasteiger charge is 2.44. The summed E-state index contributed by atoms with van der Waals surface area (Å²) in [5.41, 5.74) is 2.89. The van der Waals surface area contributed by atoms with E-state index in [0.717, 1.165) is 48.1 Å². The first-order chi connectivity index (χ1) is 17.2. The van der Waals surface area contributed by atoms with Gasteiger partial charge in [-0.1, -0.05) is 0 Å². The molecule has 1 saturated carbocycles. The van der Waals surface area contributed by atoms with E-state index in [9.17, 15) is 9.90 Å². The molecule has 9 nitrogen and oxygen atoms in total. The van der Waals surface area contributed by atoms with Crippen molar-refractivity contribution in [1.29, 1.82) is 0 Å². The first kappa shape index (κ1) is 22.9. The molecule has 4 aromatic rings. The van der Waals surface area contributed by atoms with Crippen molar-refractivity contribution in [2.24, 2.45) is 5.41 Å². The van der Waals surface area contributed by atoms with E-state index >= 15 is 0 Å². The maximum Gasteiger partial charge on any atom is 0.277 e. The number of carbonyl (C=O) groups excluding carboxylic acids is 1. The Morgan fingerprint density at radius 2 is 2.14 bits per heavy atom. The first-order valence-electron chi connectivity index (χ1n) is 12.4. The molecule has 1 unspecified atom stereocenters. The van der Waals surface area contributed by atoms with Crippen LogP contribution in [0.2, 0.25) is 0 Å². The molecule has 1 saturated heterocycles. The van der Waals surface area contributed by atoms with Gasteiger partial charge in [-0.2, -0.15) is 5.10 Å². The van der Waals surface area contributed by atoms with E-state index in [-0.39, 0.29) is 5.69 Å². The number of amides is 1. The van der Waals surface area contributed by atoms with Crippen LogP contribution in [0.4, 0.5) is 5.69 Å². The molecular weight excluding hydrogens is 456 g/mol. The van der Waals surface area contributed by atoms with Crippen molar-refractivity contribution < 1.29 is 14.3 Å². The van der Waals surface area contributed by atoms with Gasteiger partial charge in [0.05, 0.1) is 17.2 Å². The van der Waals surface area contributed by atoms with E-state index in [0.29, 0.717) is 28.6 Å². The number of carbonyl (C=O) groups is 1. The van der Waals surface area contributed by atoms with Gasteiger partial charge < -0.3 is 20.2 Å². The van der Waals surface area contributed by atoms with E-state index in [1.54, 1.807) is 26.1 Å². The molecule has 36 heavy (non-hydrogen) atoms. The van der Waals surface area contributed by atoms with E-state index < -0.39 is 11.5 Å². The van der Waals surface area contributed by atoms with Crippen LogP contribution in [0.5, 0.6) is 0 Å². The molecule has 3 aromatic heterocycles. The molecule has 1 aliphatic carbocycles. The number of benzene rings is 1. The molecule has 1 aromatic carbocycles. The minimum Gasteiger partial charge on any atom is -0.444 e. The summed E-state index contributed by atoms with van der Waals surface area (Å²) in [6, 6.07) is 7.75. The largest absolute Gasteiger partial charge is 0.444 e. The number of hydrogen-bond donors (Lipinski definition) is 3. The number of fused-ring (bicyclic) bond motifs is 1. The zero-order valence-electron chi connectivity index (χ0n) is 20.7. The van der Waals surface area contributed by atoms with Crippen LogP contribution in [-0.4, -0.2) is 43.9 Å². The van der Waals surface area contributed by atoms with Gasteiger partial charge in [-0.05, 0) is 69.7 Å². The van der Waals surface area contributed by atoms with Crippen molar-refractivity contribution in [2.45, 2.75) is 51.7 Å². The molecule has 1 amide bonds. The fraction of sp³-hybridized carbons (Fsp3) is 0.407. The number of pyridine rings is 1. The van der Waals surface area contributed by atoms with E-state index in [1.807, 2.05) is 25.1 Å². The normalized spacial score (nSPS) is 19.1. The summed E-state index contributed by atoms with van der Waals surface area (Å²) in [5.74, 6) is -0.0654. The molecule has 0 radical (unpaired) electrons. The highest BCUT2D eigenvalue weighted by atomic mass is 16.3. The number of rotatable bonds is 5. The molecule has 6 rings (SSSR count). The van der Waals surface area contributed by atoms with Crippen molar-refractivity contribution >= 4 is 22.5 Å². The van der Waals surface area contributed by atoms with Gasteiger partial charge in [0, 0.05) is 53.4 Å². The number of nitrogens with one attached hydrogen (secondary N) is 2. The highest BCUT2D eigenvalue weighted by Crippen LogP contribution is 2.46. The summed E-state index contributed by atoms with van der Waals surface area (Å²) in [7, 11) is 0. The Labute approximate surface area is 208 Å². The standard InChI is InChI=1S/C27H30N6O3/c1-16-8-17(5-7-29-16)25-31-23(13-36-25)24(34)30-22-9-18-12-33(19-4-6-27(11-19)14-28-15-27)32-21(18)10-20(22)26(2,3)35/h5,7-10,12-13,19,28,35H,4,6,11,14-15H2,1-3H3,(H,30,34). The van der Waals surface area contributed by atoms with Gasteiger partial charge in [0.15, 0.2) is 5.69 Å². The average molecular weight is 487 g/mol. The van der Waals surface area contributed by atoms with Crippen molar-refractivity contribution in [1.82, 2.24) is 25.1 Å². The summed E-state index contributed by atoms with van der Waals surface area (Å²) in [5, 5.41) is 23.0. The lowest BCUT2D eigenvalue weighted by Gasteiger charge is -2.39. The summed E-state index contributed by atoms with van der Waals surface area (Å²) < 4.78 is 7.62. The lowest BCUT2D eigenvalue weighted by Crippen LogP contribution is -2.51. The number of anilines is 1. The maximum absolute atomic E-state index is 13.1. The van der Waals surface area contributed by atoms with Crippen molar-refractivity contribution in [2.75, 3.05) is 18.4 Å². The lowest BCUT2D eigenvalue weighted by molar-refractivity contribution is 0.0793. The van der Waals surface area contributed by atoms with Gasteiger partial charge in [-0.25, -0.2) is 4.98 Å². The van der Waals surface area contributed by atoms with Crippen LogP contribution in [-0.2, 0) is 5.60 Å². The summed E-state index contributed by atoms with van der Waals surface area (Å²) in [6.45, 7) is 7.46. The average Bonchev–Trinajstić information content (AvgIpc) is 3.54. The second-order valence-electron chi connectivity index (χ2n) is 10.8. The van der Waals surface area contributed by atoms with Gasteiger partial charge >= 0.3 is 0 Å². The Balaban J connectivity index is 1.29. The topological polar surface area (TPSA) is 118 Å². The number of aliphatic hydroxyl groups is 1. The Hall–Kier alpha value is -3.56. The molecule has 0 bridgehead atoms. The summed E-state index contributed by atoms with van der Waals surface area (Å²) >= 11 is 0. The lowest BCUT2D eigenvalue weighted by atomic mass is 9.80. The monoisotopic (exact) mass is 486 g/mol. The smallest absolute Gasteiger partial charge is 0.277 e. The van der Waals surface area contributed by atoms with Crippen molar-refractivity contribution in [3.63, 3.8) is 0 Å². The van der Waals surface area contributed by atoms with E-state index in [4.69, 9.17) is 9.52 Å². The van der Waals surface area contributed by atoms with Gasteiger partial charge in [-0.15, -0.1) is 0 Å². The molecule has 9 heteroatoms. The molecule has 1 aliphatic heterocycles. The maximum atomic E-state index is 13.1. The molecular formula is C27H30N6O3. The van der Waals surface area contributed by atoms with Crippen LogP contribution in [0.15, 0.2) is 47.3 Å². The SMILES string of the molecule is Cc1cc(-c2nc(C(=O)Nc3cc4cn(C5CCC6(CNC6)C5)nc4cc3C(C)(C)O)co2)ccn1. The predicted molar refractivity (Wildman–Crippen MR) is 136 cm³/mol. The van der Waals surface area contributed by atoms with Gasteiger partial charge in [-0.3, -0.25) is 14.5 Å². The van der Waals surface area contributed by atoms with Gasteiger partial charge in [0.25, 0.3) is 5.91 Å². The molecule has 1 spiro atoms.